The minimum absolute atomic E-state index is 0.521. The number of thioether (sulfide) groups is 1. The van der Waals surface area contributed by atoms with Crippen molar-refractivity contribution in [3.8, 4) is 5.75 Å². The first-order chi connectivity index (χ1) is 8.31. The van der Waals surface area contributed by atoms with Gasteiger partial charge in [0, 0.05) is 11.3 Å². The van der Waals surface area contributed by atoms with E-state index in [9.17, 15) is 0 Å². The van der Waals surface area contributed by atoms with Gasteiger partial charge in [-0.05, 0) is 25.0 Å². The van der Waals surface area contributed by atoms with Gasteiger partial charge >= 0.3 is 0 Å². The maximum absolute atomic E-state index is 5.03. The normalized spacial score (nSPS) is 23.6. The third kappa shape index (κ3) is 3.49. The molecule has 1 heterocycles. The maximum atomic E-state index is 5.03. The zero-order chi connectivity index (χ0) is 12.1. The Bertz CT molecular complexity index is 344. The SMILES string of the molecule is CCSC1CCC(Nc2ncc(OC)cn2)C1. The van der Waals surface area contributed by atoms with Crippen molar-refractivity contribution < 1.29 is 4.74 Å². The summed E-state index contributed by atoms with van der Waals surface area (Å²) in [6.07, 6.45) is 7.12. The predicted molar refractivity (Wildman–Crippen MR) is 71.8 cm³/mol. The van der Waals surface area contributed by atoms with Crippen LogP contribution in [0.4, 0.5) is 5.95 Å². The Kier molecular flexibility index (Phi) is 4.48. The first-order valence-corrected chi connectivity index (χ1v) is 7.11. The molecule has 4 nitrogen and oxygen atoms in total. The van der Waals surface area contributed by atoms with E-state index >= 15 is 0 Å². The van der Waals surface area contributed by atoms with E-state index in [0.29, 0.717) is 17.7 Å². The van der Waals surface area contributed by atoms with E-state index < -0.39 is 0 Å². The van der Waals surface area contributed by atoms with Gasteiger partial charge in [-0.1, -0.05) is 6.92 Å². The van der Waals surface area contributed by atoms with E-state index in [-0.39, 0.29) is 0 Å². The molecule has 17 heavy (non-hydrogen) atoms. The molecule has 1 aliphatic rings. The van der Waals surface area contributed by atoms with Crippen molar-refractivity contribution in [3.63, 3.8) is 0 Å². The molecule has 5 heteroatoms. The highest BCUT2D eigenvalue weighted by molar-refractivity contribution is 7.99. The summed E-state index contributed by atoms with van der Waals surface area (Å²) in [5.74, 6) is 2.61. The van der Waals surface area contributed by atoms with Crippen LogP contribution < -0.4 is 10.1 Å². The smallest absolute Gasteiger partial charge is 0.223 e. The zero-order valence-corrected chi connectivity index (χ0v) is 11.2. The number of anilines is 1. The van der Waals surface area contributed by atoms with Crippen LogP contribution in [-0.4, -0.2) is 34.1 Å². The van der Waals surface area contributed by atoms with E-state index in [1.807, 2.05) is 0 Å². The van der Waals surface area contributed by atoms with Crippen molar-refractivity contribution in [1.82, 2.24) is 9.97 Å². The second-order valence-corrected chi connectivity index (χ2v) is 5.76. The molecule has 0 aromatic carbocycles. The molecule has 1 aliphatic carbocycles. The van der Waals surface area contributed by atoms with Crippen LogP contribution >= 0.6 is 11.8 Å². The van der Waals surface area contributed by atoms with E-state index in [2.05, 4.69) is 34.0 Å². The number of hydrogen-bond donors (Lipinski definition) is 1. The third-order valence-electron chi connectivity index (χ3n) is 2.98. The molecule has 2 atom stereocenters. The first-order valence-electron chi connectivity index (χ1n) is 6.06. The highest BCUT2D eigenvalue weighted by Crippen LogP contribution is 2.30. The van der Waals surface area contributed by atoms with Crippen molar-refractivity contribution in [2.75, 3.05) is 18.2 Å². The van der Waals surface area contributed by atoms with Gasteiger partial charge in [-0.25, -0.2) is 9.97 Å². The summed E-state index contributed by atoms with van der Waals surface area (Å²) in [7, 11) is 1.62. The van der Waals surface area contributed by atoms with Gasteiger partial charge in [0.1, 0.15) is 0 Å². The van der Waals surface area contributed by atoms with Crippen LogP contribution in [0.15, 0.2) is 12.4 Å². The highest BCUT2D eigenvalue weighted by Gasteiger charge is 2.24. The number of nitrogens with zero attached hydrogens (tertiary/aromatic N) is 2. The van der Waals surface area contributed by atoms with Crippen molar-refractivity contribution >= 4 is 17.7 Å². The van der Waals surface area contributed by atoms with Gasteiger partial charge in [0.25, 0.3) is 0 Å². The fraction of sp³-hybridized carbons (Fsp3) is 0.667. The summed E-state index contributed by atoms with van der Waals surface area (Å²) < 4.78 is 5.03. The Balaban J connectivity index is 1.84. The van der Waals surface area contributed by atoms with Gasteiger partial charge in [-0.3, -0.25) is 0 Å². The minimum Gasteiger partial charge on any atom is -0.494 e. The number of methoxy groups -OCH3 is 1. The predicted octanol–water partition coefficient (Wildman–Crippen LogP) is 2.57. The molecule has 1 aromatic rings. The van der Waals surface area contributed by atoms with Gasteiger partial charge in [-0.2, -0.15) is 11.8 Å². The Morgan fingerprint density at radius 2 is 2.18 bits per heavy atom. The van der Waals surface area contributed by atoms with Crippen LogP contribution in [0.1, 0.15) is 26.2 Å². The standard InChI is InChI=1S/C12H19N3OS/c1-3-17-11-5-4-9(6-11)15-12-13-7-10(16-2)8-14-12/h7-9,11H,3-6H2,1-2H3,(H,13,14,15). The number of nitrogens with one attached hydrogen (secondary N) is 1. The topological polar surface area (TPSA) is 47.0 Å². The number of hydrogen-bond acceptors (Lipinski definition) is 5. The van der Waals surface area contributed by atoms with Crippen LogP contribution in [0.3, 0.4) is 0 Å². The molecule has 0 radical (unpaired) electrons. The fourth-order valence-corrected chi connectivity index (χ4v) is 3.28. The average Bonchev–Trinajstić information content (AvgIpc) is 2.78. The number of rotatable bonds is 5. The summed E-state index contributed by atoms with van der Waals surface area (Å²) >= 11 is 2.06. The van der Waals surface area contributed by atoms with E-state index in [4.69, 9.17) is 4.74 Å². The summed E-state index contributed by atoms with van der Waals surface area (Å²) in [5.41, 5.74) is 0. The number of ether oxygens (including phenoxy) is 1. The largest absolute Gasteiger partial charge is 0.494 e. The van der Waals surface area contributed by atoms with Crippen LogP contribution in [0.5, 0.6) is 5.75 Å². The lowest BCUT2D eigenvalue weighted by Crippen LogP contribution is -2.17. The fourth-order valence-electron chi connectivity index (χ4n) is 2.14. The molecule has 1 saturated carbocycles. The molecule has 0 aliphatic heterocycles. The Morgan fingerprint density at radius 1 is 1.41 bits per heavy atom. The molecular weight excluding hydrogens is 234 g/mol. The summed E-state index contributed by atoms with van der Waals surface area (Å²) in [5, 5.41) is 4.19. The monoisotopic (exact) mass is 253 g/mol. The average molecular weight is 253 g/mol. The van der Waals surface area contributed by atoms with Gasteiger partial charge in [0.05, 0.1) is 19.5 Å². The lowest BCUT2D eigenvalue weighted by atomic mass is 10.2. The van der Waals surface area contributed by atoms with Crippen LogP contribution in [0, 0.1) is 0 Å². The quantitative estimate of drug-likeness (QED) is 0.874. The van der Waals surface area contributed by atoms with Gasteiger partial charge in [0.15, 0.2) is 5.75 Å². The van der Waals surface area contributed by atoms with Crippen LogP contribution in [-0.2, 0) is 0 Å². The van der Waals surface area contributed by atoms with Crippen molar-refractivity contribution in [1.29, 1.82) is 0 Å². The first kappa shape index (κ1) is 12.5. The highest BCUT2D eigenvalue weighted by atomic mass is 32.2. The molecule has 0 saturated heterocycles. The minimum atomic E-state index is 0.521. The second-order valence-electron chi connectivity index (χ2n) is 4.18. The molecule has 0 spiro atoms. The summed E-state index contributed by atoms with van der Waals surface area (Å²) in [4.78, 5) is 8.46. The molecule has 1 fully saturated rings. The Hall–Kier alpha value is -0.970. The lowest BCUT2D eigenvalue weighted by Gasteiger charge is -2.12. The molecule has 2 unspecified atom stereocenters. The van der Waals surface area contributed by atoms with Crippen molar-refractivity contribution in [2.24, 2.45) is 0 Å². The Labute approximate surface area is 107 Å². The van der Waals surface area contributed by atoms with Gasteiger partial charge in [0.2, 0.25) is 5.95 Å². The van der Waals surface area contributed by atoms with E-state index in [0.717, 1.165) is 5.25 Å². The van der Waals surface area contributed by atoms with Crippen LogP contribution in [0.25, 0.3) is 0 Å². The van der Waals surface area contributed by atoms with Crippen molar-refractivity contribution in [2.45, 2.75) is 37.5 Å². The van der Waals surface area contributed by atoms with Crippen molar-refractivity contribution in [3.05, 3.63) is 12.4 Å². The van der Waals surface area contributed by atoms with Gasteiger partial charge < -0.3 is 10.1 Å². The van der Waals surface area contributed by atoms with E-state index in [1.165, 1.54) is 25.0 Å². The maximum Gasteiger partial charge on any atom is 0.223 e. The molecule has 1 aromatic heterocycles. The third-order valence-corrected chi connectivity index (χ3v) is 4.22. The lowest BCUT2D eigenvalue weighted by molar-refractivity contribution is 0.411. The second kappa shape index (κ2) is 6.10. The summed E-state index contributed by atoms with van der Waals surface area (Å²) in [6, 6.07) is 0.521. The summed E-state index contributed by atoms with van der Waals surface area (Å²) in [6.45, 7) is 2.22. The van der Waals surface area contributed by atoms with Gasteiger partial charge in [-0.15, -0.1) is 0 Å². The number of aromatic nitrogens is 2. The molecule has 2 rings (SSSR count). The molecule has 94 valence electrons. The molecule has 1 N–H and O–H groups in total. The van der Waals surface area contributed by atoms with Crippen LogP contribution in [0.2, 0.25) is 0 Å². The zero-order valence-electron chi connectivity index (χ0n) is 10.3. The molecular formula is C12H19N3OS. The molecule has 0 amide bonds. The molecule has 0 bridgehead atoms. The van der Waals surface area contributed by atoms with E-state index in [1.54, 1.807) is 19.5 Å². The Morgan fingerprint density at radius 3 is 2.82 bits per heavy atom.